The van der Waals surface area contributed by atoms with Gasteiger partial charge in [-0.25, -0.2) is 9.97 Å². The summed E-state index contributed by atoms with van der Waals surface area (Å²) >= 11 is 6.12. The van der Waals surface area contributed by atoms with E-state index in [9.17, 15) is 9.90 Å². The Kier molecular flexibility index (Phi) is 6.29. The molecule has 3 heterocycles. The average molecular weight is 470 g/mol. The van der Waals surface area contributed by atoms with Gasteiger partial charge < -0.3 is 19.8 Å². The molecule has 1 aromatic heterocycles. The molecule has 5 rings (SSSR count). The molecular weight excluding hydrogens is 438 g/mol. The monoisotopic (exact) mass is 469 g/mol. The zero-order valence-corrected chi connectivity index (χ0v) is 20.1. The van der Waals surface area contributed by atoms with Crippen LogP contribution in [0, 0.1) is 0 Å². The van der Waals surface area contributed by atoms with E-state index in [2.05, 4.69) is 33.7 Å². The van der Waals surface area contributed by atoms with Gasteiger partial charge in [0.1, 0.15) is 0 Å². The molecule has 0 saturated carbocycles. The maximum absolute atomic E-state index is 13.8. The predicted octanol–water partition coefficient (Wildman–Crippen LogP) is 3.20. The van der Waals surface area contributed by atoms with Gasteiger partial charge in [-0.1, -0.05) is 30.7 Å². The second kappa shape index (κ2) is 9.20. The van der Waals surface area contributed by atoms with Crippen LogP contribution >= 0.6 is 11.6 Å². The van der Waals surface area contributed by atoms with Crippen LogP contribution in [-0.2, 0) is 4.79 Å². The second-order valence-electron chi connectivity index (χ2n) is 9.69. The van der Waals surface area contributed by atoms with Gasteiger partial charge >= 0.3 is 0 Å². The van der Waals surface area contributed by atoms with E-state index in [4.69, 9.17) is 11.6 Å². The lowest BCUT2D eigenvalue weighted by Crippen LogP contribution is -2.52. The van der Waals surface area contributed by atoms with E-state index in [0.717, 1.165) is 36.2 Å². The first-order chi connectivity index (χ1) is 15.9. The summed E-state index contributed by atoms with van der Waals surface area (Å²) in [5.74, 6) is 0.944. The van der Waals surface area contributed by atoms with Crippen LogP contribution in [0.4, 0.5) is 5.95 Å². The fourth-order valence-corrected chi connectivity index (χ4v) is 5.77. The summed E-state index contributed by atoms with van der Waals surface area (Å²) in [6.07, 6.45) is 4.20. The summed E-state index contributed by atoms with van der Waals surface area (Å²) in [5.41, 5.74) is 2.85. The number of halogens is 1. The zero-order chi connectivity index (χ0) is 23.1. The first-order valence-electron chi connectivity index (χ1n) is 12.0. The zero-order valence-electron chi connectivity index (χ0n) is 19.3. The van der Waals surface area contributed by atoms with Crippen molar-refractivity contribution in [1.29, 1.82) is 0 Å². The molecule has 4 atom stereocenters. The Morgan fingerprint density at radius 3 is 2.55 bits per heavy atom. The molecule has 1 amide bonds. The number of amides is 1. The molecule has 176 valence electrons. The second-order valence-corrected chi connectivity index (χ2v) is 10.1. The van der Waals surface area contributed by atoms with E-state index in [0.29, 0.717) is 43.6 Å². The number of likely N-dealkylation sites (tertiary alicyclic amines) is 1. The molecule has 1 aliphatic carbocycles. The molecule has 7 nitrogen and oxygen atoms in total. The van der Waals surface area contributed by atoms with Crippen LogP contribution in [-0.4, -0.2) is 76.6 Å². The molecule has 2 fully saturated rings. The van der Waals surface area contributed by atoms with Gasteiger partial charge in [-0.05, 0) is 62.0 Å². The Morgan fingerprint density at radius 1 is 1.15 bits per heavy atom. The molecule has 2 aromatic rings. The third-order valence-corrected chi connectivity index (χ3v) is 7.84. The summed E-state index contributed by atoms with van der Waals surface area (Å²) in [4.78, 5) is 29.5. The number of hydrogen-bond donors (Lipinski definition) is 1. The minimum atomic E-state index is -0.511. The number of anilines is 1. The number of carbonyl (C=O) groups is 1. The number of benzene rings is 1. The Labute approximate surface area is 200 Å². The Morgan fingerprint density at radius 2 is 1.88 bits per heavy atom. The van der Waals surface area contributed by atoms with Crippen molar-refractivity contribution in [2.45, 2.75) is 50.2 Å². The molecule has 2 aliphatic heterocycles. The number of aromatic nitrogens is 2. The van der Waals surface area contributed by atoms with E-state index in [1.165, 1.54) is 0 Å². The highest BCUT2D eigenvalue weighted by Gasteiger charge is 2.38. The molecule has 0 bridgehead atoms. The normalized spacial score (nSPS) is 26.5. The molecule has 1 aromatic carbocycles. The van der Waals surface area contributed by atoms with Crippen molar-refractivity contribution in [2.75, 3.05) is 44.7 Å². The maximum atomic E-state index is 13.8. The number of likely N-dealkylation sites (N-methyl/N-ethyl adjacent to an activating group) is 1. The van der Waals surface area contributed by atoms with Crippen molar-refractivity contribution in [2.24, 2.45) is 0 Å². The molecule has 0 radical (unpaired) electrons. The van der Waals surface area contributed by atoms with E-state index < -0.39 is 6.10 Å². The molecule has 1 N–H and O–H groups in total. The van der Waals surface area contributed by atoms with Gasteiger partial charge in [0, 0.05) is 43.4 Å². The molecule has 8 heteroatoms. The Balaban J connectivity index is 1.31. The maximum Gasteiger partial charge on any atom is 0.231 e. The molecular formula is C25H32ClN5O2. The number of nitrogens with zero attached hydrogens (tertiary/aromatic N) is 5. The lowest BCUT2D eigenvalue weighted by Gasteiger charge is -2.38. The first-order valence-corrected chi connectivity index (χ1v) is 12.3. The minimum absolute atomic E-state index is 0.186. The largest absolute Gasteiger partial charge is 0.387 e. The van der Waals surface area contributed by atoms with Gasteiger partial charge in [-0.3, -0.25) is 4.79 Å². The minimum Gasteiger partial charge on any atom is -0.387 e. The molecule has 3 aliphatic rings. The number of piperazine rings is 1. The predicted molar refractivity (Wildman–Crippen MR) is 129 cm³/mol. The highest BCUT2D eigenvalue weighted by atomic mass is 35.5. The van der Waals surface area contributed by atoms with E-state index in [1.807, 2.05) is 35.4 Å². The number of aliphatic hydroxyl groups is 1. The van der Waals surface area contributed by atoms with Gasteiger partial charge in [0.15, 0.2) is 0 Å². The first kappa shape index (κ1) is 22.6. The fraction of sp³-hybridized carbons (Fsp3) is 0.560. The highest BCUT2D eigenvalue weighted by Crippen LogP contribution is 2.39. The third kappa shape index (κ3) is 4.34. The van der Waals surface area contributed by atoms with Crippen LogP contribution in [0.3, 0.4) is 0 Å². The standard InChI is InChI=1S/C25H32ClN5O2/c1-16-14-21(32)23-19(16)15-27-25(28-23)31-12-10-30(11-13-31)24(33)22(20-4-3-9-29(20)2)17-5-7-18(26)8-6-17/h5-8,15-16,20-22,32H,3-4,9-14H2,1-2H3/t16-,20+,21-,22+/m1/s1. The molecule has 33 heavy (non-hydrogen) atoms. The Hall–Kier alpha value is -2.22. The number of carbonyl (C=O) groups excluding carboxylic acids is 1. The quantitative estimate of drug-likeness (QED) is 0.741. The Bertz CT molecular complexity index is 1010. The number of fused-ring (bicyclic) bond motifs is 1. The molecule has 0 unspecified atom stereocenters. The summed E-state index contributed by atoms with van der Waals surface area (Å²) in [6.45, 7) is 5.77. The lowest BCUT2D eigenvalue weighted by atomic mass is 9.88. The highest BCUT2D eigenvalue weighted by molar-refractivity contribution is 6.30. The van der Waals surface area contributed by atoms with Crippen molar-refractivity contribution in [3.05, 3.63) is 52.3 Å². The number of hydrogen-bond acceptors (Lipinski definition) is 6. The van der Waals surface area contributed by atoms with Crippen molar-refractivity contribution in [3.8, 4) is 0 Å². The van der Waals surface area contributed by atoms with Gasteiger partial charge in [-0.15, -0.1) is 0 Å². The molecule has 2 saturated heterocycles. The van der Waals surface area contributed by atoms with Crippen LogP contribution in [0.2, 0.25) is 5.02 Å². The SMILES string of the molecule is C[C@@H]1C[C@@H](O)c2nc(N3CCN(C(=O)[C@@H](c4ccc(Cl)cc4)[C@@H]4CCCN4C)CC3)ncc21. The summed E-state index contributed by atoms with van der Waals surface area (Å²) in [7, 11) is 2.12. The van der Waals surface area contributed by atoms with E-state index >= 15 is 0 Å². The third-order valence-electron chi connectivity index (χ3n) is 7.59. The lowest BCUT2D eigenvalue weighted by molar-refractivity contribution is -0.134. The van der Waals surface area contributed by atoms with Crippen LogP contribution in [0.15, 0.2) is 30.5 Å². The smallest absolute Gasteiger partial charge is 0.231 e. The van der Waals surface area contributed by atoms with Crippen LogP contribution in [0.5, 0.6) is 0 Å². The summed E-state index contributed by atoms with van der Waals surface area (Å²) < 4.78 is 0. The molecule has 0 spiro atoms. The van der Waals surface area contributed by atoms with Crippen LogP contribution in [0.25, 0.3) is 0 Å². The van der Waals surface area contributed by atoms with Crippen molar-refractivity contribution < 1.29 is 9.90 Å². The van der Waals surface area contributed by atoms with Gasteiger partial charge in [0.25, 0.3) is 0 Å². The van der Waals surface area contributed by atoms with E-state index in [-0.39, 0.29) is 23.8 Å². The van der Waals surface area contributed by atoms with Gasteiger partial charge in [0.05, 0.1) is 17.7 Å². The summed E-state index contributed by atoms with van der Waals surface area (Å²) in [5, 5.41) is 11.0. The van der Waals surface area contributed by atoms with Crippen molar-refractivity contribution in [1.82, 2.24) is 19.8 Å². The van der Waals surface area contributed by atoms with Crippen molar-refractivity contribution in [3.63, 3.8) is 0 Å². The fourth-order valence-electron chi connectivity index (χ4n) is 5.65. The topological polar surface area (TPSA) is 72.8 Å². The van der Waals surface area contributed by atoms with E-state index in [1.54, 1.807) is 0 Å². The average Bonchev–Trinajstić information content (AvgIpc) is 3.37. The van der Waals surface area contributed by atoms with Crippen LogP contribution < -0.4 is 4.90 Å². The van der Waals surface area contributed by atoms with Crippen LogP contribution in [0.1, 0.15) is 60.9 Å². The summed E-state index contributed by atoms with van der Waals surface area (Å²) in [6, 6.07) is 7.96. The van der Waals surface area contributed by atoms with Gasteiger partial charge in [-0.2, -0.15) is 0 Å². The van der Waals surface area contributed by atoms with Crippen molar-refractivity contribution >= 4 is 23.5 Å². The van der Waals surface area contributed by atoms with Gasteiger partial charge in [0.2, 0.25) is 11.9 Å². The number of rotatable bonds is 4. The number of aliphatic hydroxyl groups excluding tert-OH is 1.